The van der Waals surface area contributed by atoms with Crippen LogP contribution in [-0.2, 0) is 15.0 Å². The number of ketones is 1. The van der Waals surface area contributed by atoms with Gasteiger partial charge < -0.3 is 10.2 Å². The van der Waals surface area contributed by atoms with Crippen LogP contribution in [-0.4, -0.2) is 33.3 Å². The Morgan fingerprint density at radius 1 is 1.10 bits per heavy atom. The summed E-state index contributed by atoms with van der Waals surface area (Å²) >= 11 is 3.24. The first-order chi connectivity index (χ1) is 9.33. The summed E-state index contributed by atoms with van der Waals surface area (Å²) in [7, 11) is 0. The number of carboxylic acid groups (broad SMARTS) is 2. The maximum absolute atomic E-state index is 11.8. The van der Waals surface area contributed by atoms with Crippen LogP contribution in [0.15, 0.2) is 24.3 Å². The Balaban J connectivity index is 3.04. The summed E-state index contributed by atoms with van der Waals surface area (Å²) < 4.78 is 0. The van der Waals surface area contributed by atoms with Crippen molar-refractivity contribution in [2.45, 2.75) is 25.2 Å². The lowest BCUT2D eigenvalue weighted by Crippen LogP contribution is -2.40. The molecule has 5 nitrogen and oxygen atoms in total. The number of alkyl halides is 1. The average Bonchev–Trinajstić information content (AvgIpc) is 2.43. The zero-order valence-corrected chi connectivity index (χ0v) is 12.5. The van der Waals surface area contributed by atoms with Crippen LogP contribution in [0.25, 0.3) is 0 Å². The number of carboxylic acids is 2. The van der Waals surface area contributed by atoms with Crippen LogP contribution in [0, 0.1) is 0 Å². The maximum atomic E-state index is 11.8. The molecule has 0 heterocycles. The van der Waals surface area contributed by atoms with E-state index in [9.17, 15) is 14.4 Å². The number of benzene rings is 1. The number of rotatable bonds is 7. The Hall–Kier alpha value is -1.69. The molecule has 108 valence electrons. The van der Waals surface area contributed by atoms with Crippen molar-refractivity contribution >= 4 is 33.7 Å². The van der Waals surface area contributed by atoms with Gasteiger partial charge in [0, 0.05) is 17.3 Å². The number of aliphatic carboxylic acids is 2. The van der Waals surface area contributed by atoms with Gasteiger partial charge in [-0.3, -0.25) is 14.4 Å². The topological polar surface area (TPSA) is 91.7 Å². The van der Waals surface area contributed by atoms with Crippen LogP contribution < -0.4 is 0 Å². The number of halogens is 1. The van der Waals surface area contributed by atoms with Gasteiger partial charge in [-0.15, -0.1) is 0 Å². The first-order valence-corrected chi connectivity index (χ1v) is 7.12. The van der Waals surface area contributed by atoms with Crippen LogP contribution in [0.2, 0.25) is 0 Å². The monoisotopic (exact) mass is 342 g/mol. The molecule has 0 fully saturated rings. The molecule has 0 unspecified atom stereocenters. The molecule has 1 aromatic carbocycles. The van der Waals surface area contributed by atoms with Crippen molar-refractivity contribution in [2.75, 3.05) is 5.33 Å². The third-order valence-electron chi connectivity index (χ3n) is 3.18. The van der Waals surface area contributed by atoms with Gasteiger partial charge in [0.25, 0.3) is 0 Å². The minimum absolute atomic E-state index is 0.0525. The van der Waals surface area contributed by atoms with Crippen LogP contribution in [0.3, 0.4) is 0 Å². The summed E-state index contributed by atoms with van der Waals surface area (Å²) in [6.07, 6.45) is 1.10. The van der Waals surface area contributed by atoms with Gasteiger partial charge in [-0.2, -0.15) is 0 Å². The Morgan fingerprint density at radius 2 is 1.60 bits per heavy atom. The number of hydrogen-bond acceptors (Lipinski definition) is 3. The lowest BCUT2D eigenvalue weighted by Gasteiger charge is -2.20. The molecule has 0 spiro atoms. The fraction of sp³-hybridized carbons (Fsp3) is 0.357. The Kier molecular flexibility index (Phi) is 5.44. The summed E-state index contributed by atoms with van der Waals surface area (Å²) in [5, 5.41) is 18.9. The van der Waals surface area contributed by atoms with Crippen molar-refractivity contribution in [2.24, 2.45) is 0 Å². The highest BCUT2D eigenvalue weighted by molar-refractivity contribution is 9.09. The fourth-order valence-electron chi connectivity index (χ4n) is 1.70. The van der Waals surface area contributed by atoms with Crippen molar-refractivity contribution in [1.82, 2.24) is 0 Å². The molecule has 0 aromatic heterocycles. The van der Waals surface area contributed by atoms with Crippen molar-refractivity contribution in [3.8, 4) is 0 Å². The third-order valence-corrected chi connectivity index (χ3v) is 3.74. The molecule has 0 aliphatic heterocycles. The van der Waals surface area contributed by atoms with Crippen molar-refractivity contribution in [3.63, 3.8) is 0 Å². The van der Waals surface area contributed by atoms with E-state index in [1.54, 1.807) is 0 Å². The van der Waals surface area contributed by atoms with Crippen molar-refractivity contribution in [1.29, 1.82) is 0 Å². The molecular formula is C14H15BrO5. The Morgan fingerprint density at radius 3 is 2.00 bits per heavy atom. The zero-order chi connectivity index (χ0) is 15.3. The molecule has 0 amide bonds. The van der Waals surface area contributed by atoms with Gasteiger partial charge in [0.1, 0.15) is 0 Å². The molecule has 2 N–H and O–H groups in total. The van der Waals surface area contributed by atoms with E-state index in [0.29, 0.717) is 18.4 Å². The molecule has 0 aliphatic rings. The number of carbonyl (C=O) groups is 3. The second-order valence-corrected chi connectivity index (χ2v) is 5.32. The quantitative estimate of drug-likeness (QED) is 0.451. The normalized spacial score (nSPS) is 11.1. The molecule has 20 heavy (non-hydrogen) atoms. The molecular weight excluding hydrogens is 328 g/mol. The van der Waals surface area contributed by atoms with Gasteiger partial charge in [-0.05, 0) is 18.9 Å². The minimum atomic E-state index is -2.02. The second kappa shape index (κ2) is 6.65. The van der Waals surface area contributed by atoms with Gasteiger partial charge in [0.2, 0.25) is 0 Å². The highest BCUT2D eigenvalue weighted by Gasteiger charge is 2.43. The van der Waals surface area contributed by atoms with E-state index in [4.69, 9.17) is 10.2 Å². The Bertz CT molecular complexity index is 507. The van der Waals surface area contributed by atoms with E-state index in [2.05, 4.69) is 15.9 Å². The molecule has 6 heteroatoms. The second-order valence-electron chi connectivity index (χ2n) is 4.53. The molecule has 0 aliphatic carbocycles. The predicted molar refractivity (Wildman–Crippen MR) is 76.4 cm³/mol. The third kappa shape index (κ3) is 3.25. The summed E-state index contributed by atoms with van der Waals surface area (Å²) in [5.41, 5.74) is -1.43. The fourth-order valence-corrected chi connectivity index (χ4v) is 1.98. The summed E-state index contributed by atoms with van der Waals surface area (Å²) in [6, 6.07) is 5.69. The first kappa shape index (κ1) is 16.4. The van der Waals surface area contributed by atoms with Gasteiger partial charge in [0.05, 0.1) is 0 Å². The van der Waals surface area contributed by atoms with Gasteiger partial charge >= 0.3 is 11.9 Å². The average molecular weight is 343 g/mol. The molecule has 1 rings (SSSR count). The lowest BCUT2D eigenvalue weighted by atomic mass is 9.82. The molecule has 0 radical (unpaired) electrons. The highest BCUT2D eigenvalue weighted by Crippen LogP contribution is 2.25. The first-order valence-electron chi connectivity index (χ1n) is 6.00. The summed E-state index contributed by atoms with van der Waals surface area (Å²) in [6.45, 7) is 1.12. The molecule has 0 saturated heterocycles. The standard InChI is InChI=1S/C14H15BrO5/c1-14(12(17)18,13(19)20)10-6-4-9(5-7-10)11(16)3-2-8-15/h4-7H,2-3,8H2,1H3,(H,17,18)(H,19,20). The SMILES string of the molecule is CC(C(=O)O)(C(=O)O)c1ccc(C(=O)CCCBr)cc1. The van der Waals surface area contributed by atoms with Gasteiger partial charge in [-0.25, -0.2) is 0 Å². The molecule has 0 saturated carbocycles. The number of hydrogen-bond donors (Lipinski definition) is 2. The number of carbonyl (C=O) groups excluding carboxylic acids is 1. The van der Waals surface area contributed by atoms with Gasteiger partial charge in [-0.1, -0.05) is 40.2 Å². The highest BCUT2D eigenvalue weighted by atomic mass is 79.9. The summed E-state index contributed by atoms with van der Waals surface area (Å²) in [5.74, 6) is -2.94. The minimum Gasteiger partial charge on any atom is -0.480 e. The maximum Gasteiger partial charge on any atom is 0.325 e. The lowest BCUT2D eigenvalue weighted by molar-refractivity contribution is -0.156. The largest absolute Gasteiger partial charge is 0.480 e. The van der Waals surface area contributed by atoms with E-state index in [0.717, 1.165) is 12.3 Å². The number of Topliss-reactive ketones (excluding diaryl/α,β-unsaturated/α-hetero) is 1. The van der Waals surface area contributed by atoms with Crippen LogP contribution >= 0.6 is 15.9 Å². The molecule has 0 bridgehead atoms. The summed E-state index contributed by atoms with van der Waals surface area (Å²) in [4.78, 5) is 34.1. The van der Waals surface area contributed by atoms with Crippen molar-refractivity contribution < 1.29 is 24.6 Å². The van der Waals surface area contributed by atoms with Crippen LogP contribution in [0.4, 0.5) is 0 Å². The van der Waals surface area contributed by atoms with Crippen LogP contribution in [0.5, 0.6) is 0 Å². The van der Waals surface area contributed by atoms with E-state index < -0.39 is 17.4 Å². The van der Waals surface area contributed by atoms with Crippen molar-refractivity contribution in [3.05, 3.63) is 35.4 Å². The van der Waals surface area contributed by atoms with E-state index in [-0.39, 0.29) is 11.3 Å². The zero-order valence-electron chi connectivity index (χ0n) is 10.9. The predicted octanol–water partition coefficient (Wildman–Crippen LogP) is 2.47. The molecule has 0 atom stereocenters. The Labute approximate surface area is 124 Å². The smallest absolute Gasteiger partial charge is 0.325 e. The van der Waals surface area contributed by atoms with E-state index in [1.165, 1.54) is 24.3 Å². The molecule has 1 aromatic rings. The van der Waals surface area contributed by atoms with E-state index >= 15 is 0 Å². The van der Waals surface area contributed by atoms with Crippen LogP contribution in [0.1, 0.15) is 35.7 Å². The van der Waals surface area contributed by atoms with E-state index in [1.807, 2.05) is 0 Å². The van der Waals surface area contributed by atoms with Gasteiger partial charge in [0.15, 0.2) is 11.2 Å².